The summed E-state index contributed by atoms with van der Waals surface area (Å²) in [6.45, 7) is 9.72. The van der Waals surface area contributed by atoms with E-state index in [9.17, 15) is 43.2 Å². The number of hydrogen-bond acceptors (Lipinski definition) is 15. The van der Waals surface area contributed by atoms with E-state index < -0.39 is 97.5 Å². The van der Waals surface area contributed by atoms with Crippen molar-refractivity contribution in [2.24, 2.45) is 11.8 Å². The summed E-state index contributed by atoms with van der Waals surface area (Å²) in [5.41, 5.74) is 0. The van der Waals surface area contributed by atoms with E-state index in [4.69, 9.17) is 37.0 Å². The molecule has 17 nitrogen and oxygen atoms in total. The standard InChI is InChI=1S/C85H166O17P2/c1-7-9-11-13-15-17-19-21-22-23-24-33-39-45-51-57-63-69-84(89)101-80(73-95-82(87)67-61-55-49-43-37-29-20-18-16-14-12-10-8-2)75-99-103(91,92)97-71-79(86)72-98-104(93,94)100-76-81(102-85(90)70-64-58-52-46-40-34-28-26-31-36-42-48-54-60-66-78(5)6)74-96-83(88)68-62-56-50-44-38-32-27-25-30-35-41-47-53-59-65-77(3)4/h77-81,86H,7-76H2,1-6H3,(H,91,92)(H,93,94)/t79-,80+,81+/m0/s1. The normalized spacial score (nSPS) is 13.8. The van der Waals surface area contributed by atoms with Crippen molar-refractivity contribution in [2.75, 3.05) is 39.6 Å². The maximum Gasteiger partial charge on any atom is 0.472 e. The molecule has 0 bridgehead atoms. The van der Waals surface area contributed by atoms with E-state index in [1.807, 2.05) is 0 Å². The highest BCUT2D eigenvalue weighted by Crippen LogP contribution is 2.45. The van der Waals surface area contributed by atoms with E-state index >= 15 is 0 Å². The third-order valence-electron chi connectivity index (χ3n) is 20.0. The Hall–Kier alpha value is -1.94. The van der Waals surface area contributed by atoms with Gasteiger partial charge in [0, 0.05) is 25.7 Å². The van der Waals surface area contributed by atoms with Crippen LogP contribution in [0.15, 0.2) is 0 Å². The lowest BCUT2D eigenvalue weighted by molar-refractivity contribution is -0.161. The summed E-state index contributed by atoms with van der Waals surface area (Å²) in [5, 5.41) is 10.7. The molecule has 0 aliphatic rings. The predicted molar refractivity (Wildman–Crippen MR) is 428 cm³/mol. The van der Waals surface area contributed by atoms with Gasteiger partial charge in [0.25, 0.3) is 0 Å². The second-order valence-electron chi connectivity index (χ2n) is 31.5. The largest absolute Gasteiger partial charge is 0.472 e. The van der Waals surface area contributed by atoms with Crippen LogP contribution < -0.4 is 0 Å². The van der Waals surface area contributed by atoms with Crippen LogP contribution in [0.1, 0.15) is 452 Å². The Labute approximate surface area is 638 Å². The minimum absolute atomic E-state index is 0.108. The minimum Gasteiger partial charge on any atom is -0.462 e. The number of esters is 4. The average molecular weight is 1520 g/mol. The number of aliphatic hydroxyl groups is 1. The smallest absolute Gasteiger partial charge is 0.462 e. The Bertz CT molecular complexity index is 1990. The molecule has 0 aromatic heterocycles. The average Bonchev–Trinajstić information content (AvgIpc) is 0.903. The zero-order valence-corrected chi connectivity index (χ0v) is 70.1. The SMILES string of the molecule is CCCCCCCCCCCCCCCCCCCC(=O)O[C@H](COC(=O)CCCCCCCCCCCCCCC)COP(=O)(O)OC[C@H](O)COP(=O)(O)OC[C@@H](COC(=O)CCCCCCCCCCCCCCCCC(C)C)OC(=O)CCCCCCCCCCCCCCCCC(C)C. The molecule has 0 spiro atoms. The van der Waals surface area contributed by atoms with Gasteiger partial charge >= 0.3 is 39.5 Å². The topological polar surface area (TPSA) is 237 Å². The summed E-state index contributed by atoms with van der Waals surface area (Å²) in [7, 11) is -9.93. The van der Waals surface area contributed by atoms with Gasteiger partial charge < -0.3 is 33.8 Å². The van der Waals surface area contributed by atoms with Crippen molar-refractivity contribution in [1.29, 1.82) is 0 Å². The van der Waals surface area contributed by atoms with E-state index in [2.05, 4.69) is 41.5 Å². The molecule has 5 atom stereocenters. The molecule has 0 radical (unpaired) electrons. The van der Waals surface area contributed by atoms with E-state index in [1.54, 1.807) is 0 Å². The molecule has 3 N–H and O–H groups in total. The number of rotatable bonds is 84. The summed E-state index contributed by atoms with van der Waals surface area (Å²) in [4.78, 5) is 73.2. The highest BCUT2D eigenvalue weighted by molar-refractivity contribution is 7.47. The molecule has 104 heavy (non-hydrogen) atoms. The maximum atomic E-state index is 13.1. The molecule has 0 saturated heterocycles. The van der Waals surface area contributed by atoms with Crippen LogP contribution in [0, 0.1) is 11.8 Å². The summed E-state index contributed by atoms with van der Waals surface area (Å²) in [5.74, 6) is -0.506. The fourth-order valence-electron chi connectivity index (χ4n) is 13.2. The van der Waals surface area contributed by atoms with Crippen molar-refractivity contribution >= 4 is 39.5 Å². The molecule has 19 heteroatoms. The van der Waals surface area contributed by atoms with E-state index in [0.717, 1.165) is 102 Å². The van der Waals surface area contributed by atoms with Crippen molar-refractivity contribution in [2.45, 2.75) is 471 Å². The lowest BCUT2D eigenvalue weighted by Gasteiger charge is -2.21. The van der Waals surface area contributed by atoms with Gasteiger partial charge in [0.1, 0.15) is 19.3 Å². The van der Waals surface area contributed by atoms with Gasteiger partial charge in [-0.05, 0) is 37.5 Å². The van der Waals surface area contributed by atoms with Crippen molar-refractivity contribution in [3.8, 4) is 0 Å². The molecule has 0 aliphatic heterocycles. The molecule has 0 fully saturated rings. The van der Waals surface area contributed by atoms with Gasteiger partial charge in [-0.25, -0.2) is 9.13 Å². The molecule has 0 amide bonds. The number of phosphoric ester groups is 2. The Morgan fingerprint density at radius 1 is 0.260 bits per heavy atom. The highest BCUT2D eigenvalue weighted by Gasteiger charge is 2.30. The Balaban J connectivity index is 5.27. The van der Waals surface area contributed by atoms with Gasteiger partial charge in [-0.3, -0.25) is 37.3 Å². The molecule has 618 valence electrons. The van der Waals surface area contributed by atoms with Gasteiger partial charge in [-0.15, -0.1) is 0 Å². The first-order chi connectivity index (χ1) is 50.4. The van der Waals surface area contributed by atoms with Gasteiger partial charge in [0.05, 0.1) is 26.4 Å². The van der Waals surface area contributed by atoms with Crippen LogP contribution in [0.4, 0.5) is 0 Å². The van der Waals surface area contributed by atoms with E-state index in [1.165, 1.54) is 270 Å². The Morgan fingerprint density at radius 3 is 0.654 bits per heavy atom. The van der Waals surface area contributed by atoms with Crippen LogP contribution in [0.3, 0.4) is 0 Å². The van der Waals surface area contributed by atoms with Crippen molar-refractivity contribution in [3.05, 3.63) is 0 Å². The van der Waals surface area contributed by atoms with Crippen LogP contribution in [0.2, 0.25) is 0 Å². The zero-order chi connectivity index (χ0) is 76.4. The summed E-state index contributed by atoms with van der Waals surface area (Å²) in [6, 6.07) is 0. The van der Waals surface area contributed by atoms with Gasteiger partial charge in [0.2, 0.25) is 0 Å². The molecule has 0 aliphatic carbocycles. The fraction of sp³-hybridized carbons (Fsp3) is 0.953. The summed E-state index contributed by atoms with van der Waals surface area (Å²) >= 11 is 0. The van der Waals surface area contributed by atoms with Crippen LogP contribution in [-0.2, 0) is 65.4 Å². The minimum atomic E-state index is -4.96. The molecule has 0 aromatic carbocycles. The van der Waals surface area contributed by atoms with Crippen molar-refractivity contribution < 1.29 is 80.2 Å². The van der Waals surface area contributed by atoms with Crippen LogP contribution >= 0.6 is 15.6 Å². The number of carbonyl (C=O) groups excluding carboxylic acids is 4. The molecular formula is C85H166O17P2. The van der Waals surface area contributed by atoms with Gasteiger partial charge in [-0.2, -0.15) is 0 Å². The maximum absolute atomic E-state index is 13.1. The van der Waals surface area contributed by atoms with E-state index in [0.29, 0.717) is 25.7 Å². The van der Waals surface area contributed by atoms with Gasteiger partial charge in [-0.1, -0.05) is 401 Å². The molecule has 0 heterocycles. The quantitative estimate of drug-likeness (QED) is 0.0222. The molecule has 0 aromatic rings. The summed E-state index contributed by atoms with van der Waals surface area (Å²) < 4.78 is 68.9. The van der Waals surface area contributed by atoms with Crippen molar-refractivity contribution in [3.63, 3.8) is 0 Å². The number of ether oxygens (including phenoxy) is 4. The first-order valence-corrected chi connectivity index (χ1v) is 47.0. The monoisotopic (exact) mass is 1520 g/mol. The van der Waals surface area contributed by atoms with Crippen LogP contribution in [-0.4, -0.2) is 96.7 Å². The second kappa shape index (κ2) is 76.4. The number of carbonyl (C=O) groups is 4. The van der Waals surface area contributed by atoms with Gasteiger partial charge in [0.15, 0.2) is 12.2 Å². The fourth-order valence-corrected chi connectivity index (χ4v) is 14.8. The number of hydrogen-bond donors (Lipinski definition) is 3. The van der Waals surface area contributed by atoms with Crippen molar-refractivity contribution in [1.82, 2.24) is 0 Å². The molecular weight excluding hydrogens is 1350 g/mol. The third-order valence-corrected chi connectivity index (χ3v) is 21.9. The number of aliphatic hydroxyl groups excluding tert-OH is 1. The third kappa shape index (κ3) is 78.2. The Kier molecular flexibility index (Phi) is 75.0. The number of unbranched alkanes of at least 4 members (excludes halogenated alkanes) is 54. The number of phosphoric acid groups is 2. The highest BCUT2D eigenvalue weighted by atomic mass is 31.2. The van der Waals surface area contributed by atoms with E-state index in [-0.39, 0.29) is 25.7 Å². The predicted octanol–water partition coefficient (Wildman–Crippen LogP) is 25.8. The lowest BCUT2D eigenvalue weighted by Crippen LogP contribution is -2.30. The Morgan fingerprint density at radius 2 is 0.442 bits per heavy atom. The first-order valence-electron chi connectivity index (χ1n) is 44.0. The lowest BCUT2D eigenvalue weighted by atomic mass is 10.0. The molecule has 0 saturated carbocycles. The first kappa shape index (κ1) is 102. The molecule has 0 rings (SSSR count). The molecule has 2 unspecified atom stereocenters. The second-order valence-corrected chi connectivity index (χ2v) is 34.4. The van der Waals surface area contributed by atoms with Crippen LogP contribution in [0.5, 0.6) is 0 Å². The summed E-state index contributed by atoms with van der Waals surface area (Å²) in [6.07, 6.45) is 67.8. The van der Waals surface area contributed by atoms with Crippen LogP contribution in [0.25, 0.3) is 0 Å². The zero-order valence-electron chi connectivity index (χ0n) is 68.3.